The SMILES string of the molecule is O=S(=O)(F)Cc1cnn(-c2ccccc2)c1. The minimum absolute atomic E-state index is 0.325. The molecule has 0 saturated carbocycles. The molecule has 16 heavy (non-hydrogen) atoms. The van der Waals surface area contributed by atoms with Gasteiger partial charge < -0.3 is 0 Å². The van der Waals surface area contributed by atoms with Gasteiger partial charge in [-0.15, -0.1) is 3.89 Å². The zero-order chi connectivity index (χ0) is 11.6. The third-order valence-corrected chi connectivity index (χ3v) is 2.67. The maximum atomic E-state index is 12.4. The number of para-hydroxylation sites is 1. The summed E-state index contributed by atoms with van der Waals surface area (Å²) in [7, 11) is -4.50. The van der Waals surface area contributed by atoms with Crippen LogP contribution in [0.2, 0.25) is 0 Å². The van der Waals surface area contributed by atoms with E-state index < -0.39 is 16.0 Å². The van der Waals surface area contributed by atoms with E-state index in [1.807, 2.05) is 30.3 Å². The van der Waals surface area contributed by atoms with Crippen molar-refractivity contribution in [1.29, 1.82) is 0 Å². The van der Waals surface area contributed by atoms with Gasteiger partial charge in [0.2, 0.25) is 0 Å². The second-order valence-corrected chi connectivity index (χ2v) is 4.68. The van der Waals surface area contributed by atoms with Crippen LogP contribution in [0.1, 0.15) is 5.56 Å². The highest BCUT2D eigenvalue weighted by atomic mass is 32.3. The first-order valence-electron chi connectivity index (χ1n) is 4.56. The number of benzene rings is 1. The Morgan fingerprint density at radius 3 is 2.56 bits per heavy atom. The summed E-state index contributed by atoms with van der Waals surface area (Å²) in [5, 5.41) is 3.96. The van der Waals surface area contributed by atoms with Crippen molar-refractivity contribution in [3.63, 3.8) is 0 Å². The van der Waals surface area contributed by atoms with Gasteiger partial charge >= 0.3 is 10.2 Å². The molecule has 0 N–H and O–H groups in total. The monoisotopic (exact) mass is 240 g/mol. The zero-order valence-corrected chi connectivity index (χ0v) is 9.06. The Kier molecular flexibility index (Phi) is 2.74. The van der Waals surface area contributed by atoms with E-state index in [-0.39, 0.29) is 0 Å². The van der Waals surface area contributed by atoms with E-state index in [1.165, 1.54) is 17.1 Å². The van der Waals surface area contributed by atoms with Crippen LogP contribution in [-0.2, 0) is 16.0 Å². The molecule has 2 aromatic rings. The van der Waals surface area contributed by atoms with Crippen LogP contribution in [0.3, 0.4) is 0 Å². The second-order valence-electron chi connectivity index (χ2n) is 3.31. The van der Waals surface area contributed by atoms with E-state index in [1.54, 1.807) is 0 Å². The third-order valence-electron chi connectivity index (χ3n) is 2.00. The average Bonchev–Trinajstić information content (AvgIpc) is 2.65. The van der Waals surface area contributed by atoms with Gasteiger partial charge in [-0.2, -0.15) is 13.5 Å². The van der Waals surface area contributed by atoms with E-state index in [0.29, 0.717) is 5.56 Å². The molecule has 84 valence electrons. The summed E-state index contributed by atoms with van der Waals surface area (Å²) in [5.41, 5.74) is 1.12. The summed E-state index contributed by atoms with van der Waals surface area (Å²) in [5.74, 6) is -0.639. The highest BCUT2D eigenvalue weighted by molar-refractivity contribution is 7.85. The first-order chi connectivity index (χ1) is 7.54. The lowest BCUT2D eigenvalue weighted by Gasteiger charge is -1.98. The van der Waals surface area contributed by atoms with Crippen LogP contribution in [0, 0.1) is 0 Å². The first-order valence-corrected chi connectivity index (χ1v) is 6.11. The van der Waals surface area contributed by atoms with Crippen LogP contribution in [-0.4, -0.2) is 18.2 Å². The van der Waals surface area contributed by atoms with Gasteiger partial charge in [-0.3, -0.25) is 0 Å². The predicted octanol–water partition coefficient (Wildman–Crippen LogP) is 1.67. The molecule has 0 aliphatic rings. The first kappa shape index (κ1) is 10.8. The Bertz CT molecular complexity index is 578. The standard InChI is InChI=1S/C10H9FN2O2S/c11-16(14,15)8-9-6-12-13(7-9)10-4-2-1-3-5-10/h1-7H,8H2. The molecule has 0 amide bonds. The van der Waals surface area contributed by atoms with Gasteiger partial charge in [0.05, 0.1) is 11.9 Å². The molecule has 0 radical (unpaired) electrons. The minimum Gasteiger partial charge on any atom is -0.241 e. The molecule has 6 heteroatoms. The molecule has 0 aliphatic heterocycles. The molecule has 0 aliphatic carbocycles. The van der Waals surface area contributed by atoms with Crippen molar-refractivity contribution < 1.29 is 12.3 Å². The van der Waals surface area contributed by atoms with Gasteiger partial charge in [-0.05, 0) is 12.1 Å². The number of nitrogens with zero attached hydrogens (tertiary/aromatic N) is 2. The van der Waals surface area contributed by atoms with E-state index in [0.717, 1.165) is 5.69 Å². The lowest BCUT2D eigenvalue weighted by atomic mass is 10.3. The normalized spacial score (nSPS) is 11.6. The minimum atomic E-state index is -4.50. The molecule has 2 rings (SSSR count). The Morgan fingerprint density at radius 2 is 1.94 bits per heavy atom. The quantitative estimate of drug-likeness (QED) is 0.767. The Labute approximate surface area is 92.5 Å². The molecule has 1 heterocycles. The van der Waals surface area contributed by atoms with Gasteiger partial charge in [-0.25, -0.2) is 4.68 Å². The summed E-state index contributed by atoms with van der Waals surface area (Å²) >= 11 is 0. The van der Waals surface area contributed by atoms with Crippen molar-refractivity contribution in [3.05, 3.63) is 48.3 Å². The van der Waals surface area contributed by atoms with Gasteiger partial charge in [0.25, 0.3) is 0 Å². The van der Waals surface area contributed by atoms with Crippen LogP contribution in [0.25, 0.3) is 5.69 Å². The molecule has 1 aromatic heterocycles. The van der Waals surface area contributed by atoms with Crippen LogP contribution in [0.4, 0.5) is 3.89 Å². The molecule has 0 atom stereocenters. The summed E-state index contributed by atoms with van der Waals surface area (Å²) in [4.78, 5) is 0. The number of halogens is 1. The van der Waals surface area contributed by atoms with E-state index in [9.17, 15) is 12.3 Å². The molecule has 0 saturated heterocycles. The number of aromatic nitrogens is 2. The van der Waals surface area contributed by atoms with Gasteiger partial charge in [0.15, 0.2) is 0 Å². The fourth-order valence-electron chi connectivity index (χ4n) is 1.36. The van der Waals surface area contributed by atoms with Crippen molar-refractivity contribution in [3.8, 4) is 5.69 Å². The van der Waals surface area contributed by atoms with Crippen molar-refractivity contribution in [2.24, 2.45) is 0 Å². The molecule has 0 fully saturated rings. The van der Waals surface area contributed by atoms with Crippen molar-refractivity contribution in [2.45, 2.75) is 5.75 Å². The largest absolute Gasteiger partial charge is 0.306 e. The maximum Gasteiger partial charge on any atom is 0.306 e. The fourth-order valence-corrected chi connectivity index (χ4v) is 1.90. The topological polar surface area (TPSA) is 52.0 Å². The molecule has 0 spiro atoms. The van der Waals surface area contributed by atoms with Crippen LogP contribution in [0.15, 0.2) is 42.7 Å². The van der Waals surface area contributed by atoms with E-state index in [2.05, 4.69) is 5.10 Å². The lowest BCUT2D eigenvalue weighted by Crippen LogP contribution is -1.95. The number of hydrogen-bond acceptors (Lipinski definition) is 3. The van der Waals surface area contributed by atoms with Gasteiger partial charge in [-0.1, -0.05) is 18.2 Å². The van der Waals surface area contributed by atoms with E-state index >= 15 is 0 Å². The van der Waals surface area contributed by atoms with Crippen LogP contribution in [0.5, 0.6) is 0 Å². The molecular weight excluding hydrogens is 231 g/mol. The summed E-state index contributed by atoms with van der Waals surface area (Å²) in [6, 6.07) is 9.17. The van der Waals surface area contributed by atoms with Crippen LogP contribution < -0.4 is 0 Å². The highest BCUT2D eigenvalue weighted by Crippen LogP contribution is 2.10. The summed E-state index contributed by atoms with van der Waals surface area (Å²) in [6.07, 6.45) is 2.83. The fraction of sp³-hybridized carbons (Fsp3) is 0.100. The summed E-state index contributed by atoms with van der Waals surface area (Å²) < 4.78 is 34.8. The molecule has 0 unspecified atom stereocenters. The molecular formula is C10H9FN2O2S. The van der Waals surface area contributed by atoms with Crippen molar-refractivity contribution in [1.82, 2.24) is 9.78 Å². The number of rotatable bonds is 3. The lowest BCUT2D eigenvalue weighted by molar-refractivity contribution is 0.551. The zero-order valence-electron chi connectivity index (χ0n) is 8.25. The molecule has 4 nitrogen and oxygen atoms in total. The maximum absolute atomic E-state index is 12.4. The highest BCUT2D eigenvalue weighted by Gasteiger charge is 2.10. The van der Waals surface area contributed by atoms with Gasteiger partial charge in [0, 0.05) is 11.8 Å². The molecule has 0 bridgehead atoms. The van der Waals surface area contributed by atoms with Crippen molar-refractivity contribution in [2.75, 3.05) is 0 Å². The Balaban J connectivity index is 2.27. The van der Waals surface area contributed by atoms with Gasteiger partial charge in [0.1, 0.15) is 5.75 Å². The average molecular weight is 240 g/mol. The predicted molar refractivity (Wildman–Crippen MR) is 57.3 cm³/mol. The smallest absolute Gasteiger partial charge is 0.241 e. The van der Waals surface area contributed by atoms with Crippen LogP contribution >= 0.6 is 0 Å². The Morgan fingerprint density at radius 1 is 1.25 bits per heavy atom. The number of hydrogen-bond donors (Lipinski definition) is 0. The Hall–Kier alpha value is -1.69. The third kappa shape index (κ3) is 2.66. The molecule has 1 aromatic carbocycles. The summed E-state index contributed by atoms with van der Waals surface area (Å²) in [6.45, 7) is 0. The van der Waals surface area contributed by atoms with E-state index in [4.69, 9.17) is 0 Å². The second kappa shape index (κ2) is 4.05. The van der Waals surface area contributed by atoms with Crippen molar-refractivity contribution >= 4 is 10.2 Å².